The molecule has 11 heteroatoms. The molecule has 1 aromatic carbocycles. The number of benzene rings is 1. The molecule has 0 aliphatic rings. The van der Waals surface area contributed by atoms with Gasteiger partial charge in [0.2, 0.25) is 16.9 Å². The largest absolute Gasteiger partial charge is 0.461 e. The number of ether oxygens (including phenoxy) is 1. The summed E-state index contributed by atoms with van der Waals surface area (Å²) < 4.78 is 35.8. The number of thioether (sulfide) groups is 1. The van der Waals surface area contributed by atoms with Gasteiger partial charge < -0.3 is 20.3 Å². The molecule has 142 valence electrons. The third kappa shape index (κ3) is 4.37. The topological polar surface area (TPSA) is 108 Å². The number of carbonyl (C=O) groups is 1. The molecule has 0 spiro atoms. The lowest BCUT2D eigenvalue weighted by Gasteiger charge is -2.14. The summed E-state index contributed by atoms with van der Waals surface area (Å²) in [4.78, 5) is 12.4. The number of furan rings is 1. The Morgan fingerprint density at radius 1 is 1.30 bits per heavy atom. The highest BCUT2D eigenvalue weighted by Crippen LogP contribution is 2.28. The Kier molecular flexibility index (Phi) is 5.60. The number of hydrogen-bond donors (Lipinski definition) is 2. The second kappa shape index (κ2) is 8.08. The van der Waals surface area contributed by atoms with E-state index in [1.54, 1.807) is 25.1 Å². The first kappa shape index (κ1) is 18.7. The first-order valence-corrected chi connectivity index (χ1v) is 8.59. The van der Waals surface area contributed by atoms with Crippen molar-refractivity contribution >= 4 is 23.4 Å². The molecule has 1 amide bonds. The number of para-hydroxylation sites is 2. The van der Waals surface area contributed by atoms with Gasteiger partial charge in [-0.2, -0.15) is 8.78 Å². The standard InChI is InChI=1S/C16H15F2N5O3S/c1-9(14(24)20-10-5-2-3-6-11(10)26-15(17)18)27-16-22-21-13(23(16)19)12-7-4-8-25-12/h2-9,15H,19H2,1H3,(H,20,24)/t9-/m1/s1. The van der Waals surface area contributed by atoms with E-state index in [0.717, 1.165) is 11.8 Å². The summed E-state index contributed by atoms with van der Waals surface area (Å²) in [5.41, 5.74) is 0.140. The van der Waals surface area contributed by atoms with Gasteiger partial charge in [0.1, 0.15) is 5.75 Å². The fraction of sp³-hybridized carbons (Fsp3) is 0.188. The number of amides is 1. The molecule has 0 fully saturated rings. The van der Waals surface area contributed by atoms with Crippen LogP contribution in [-0.2, 0) is 4.79 Å². The first-order chi connectivity index (χ1) is 13.0. The Morgan fingerprint density at radius 2 is 2.07 bits per heavy atom. The molecular formula is C16H15F2N5O3S. The highest BCUT2D eigenvalue weighted by Gasteiger charge is 2.22. The van der Waals surface area contributed by atoms with Gasteiger partial charge in [0, 0.05) is 0 Å². The molecular weight excluding hydrogens is 380 g/mol. The Balaban J connectivity index is 1.69. The maximum Gasteiger partial charge on any atom is 0.387 e. The van der Waals surface area contributed by atoms with Gasteiger partial charge in [0.05, 0.1) is 17.2 Å². The van der Waals surface area contributed by atoms with Gasteiger partial charge in [-0.15, -0.1) is 10.2 Å². The number of alkyl halides is 2. The van der Waals surface area contributed by atoms with Gasteiger partial charge in [-0.05, 0) is 31.2 Å². The van der Waals surface area contributed by atoms with Crippen LogP contribution in [0.15, 0.2) is 52.2 Å². The van der Waals surface area contributed by atoms with Crippen molar-refractivity contribution in [3.8, 4) is 17.3 Å². The van der Waals surface area contributed by atoms with E-state index in [9.17, 15) is 13.6 Å². The van der Waals surface area contributed by atoms with Crippen LogP contribution in [0.5, 0.6) is 5.75 Å². The van der Waals surface area contributed by atoms with Crippen molar-refractivity contribution in [2.45, 2.75) is 23.9 Å². The van der Waals surface area contributed by atoms with E-state index < -0.39 is 17.8 Å². The zero-order valence-corrected chi connectivity index (χ0v) is 14.8. The van der Waals surface area contributed by atoms with Gasteiger partial charge in [-0.25, -0.2) is 4.68 Å². The zero-order valence-electron chi connectivity index (χ0n) is 14.0. The van der Waals surface area contributed by atoms with E-state index in [2.05, 4.69) is 20.3 Å². The smallest absolute Gasteiger partial charge is 0.387 e. The summed E-state index contributed by atoms with van der Waals surface area (Å²) in [6.07, 6.45) is 1.48. The zero-order chi connectivity index (χ0) is 19.4. The van der Waals surface area contributed by atoms with Crippen LogP contribution in [0.1, 0.15) is 6.92 Å². The van der Waals surface area contributed by atoms with Crippen LogP contribution in [-0.4, -0.2) is 32.6 Å². The van der Waals surface area contributed by atoms with E-state index in [4.69, 9.17) is 10.3 Å². The van der Waals surface area contributed by atoms with Gasteiger partial charge in [-0.3, -0.25) is 4.79 Å². The Labute approximate surface area is 156 Å². The number of aromatic nitrogens is 3. The fourth-order valence-electron chi connectivity index (χ4n) is 2.15. The lowest BCUT2D eigenvalue weighted by atomic mass is 10.3. The van der Waals surface area contributed by atoms with E-state index in [-0.39, 0.29) is 11.4 Å². The van der Waals surface area contributed by atoms with Crippen molar-refractivity contribution in [3.05, 3.63) is 42.7 Å². The Hall–Kier alpha value is -3.08. The van der Waals surface area contributed by atoms with E-state index in [1.807, 2.05) is 0 Å². The molecule has 1 atom stereocenters. The summed E-state index contributed by atoms with van der Waals surface area (Å²) in [5, 5.41) is 10.1. The maximum atomic E-state index is 12.5. The molecule has 0 aliphatic carbocycles. The number of nitrogen functional groups attached to an aromatic ring is 1. The molecule has 2 aromatic heterocycles. The van der Waals surface area contributed by atoms with Crippen molar-refractivity contribution in [1.82, 2.24) is 14.9 Å². The summed E-state index contributed by atoms with van der Waals surface area (Å²) >= 11 is 1.06. The minimum absolute atomic E-state index is 0.125. The normalized spacial score (nSPS) is 12.1. The van der Waals surface area contributed by atoms with Gasteiger partial charge in [0.15, 0.2) is 5.76 Å². The SMILES string of the molecule is C[C@@H](Sc1nnc(-c2ccco2)n1N)C(=O)Nc1ccccc1OC(F)F. The first-order valence-electron chi connectivity index (χ1n) is 7.71. The molecule has 0 aliphatic heterocycles. The summed E-state index contributed by atoms with van der Waals surface area (Å²) in [7, 11) is 0. The van der Waals surface area contributed by atoms with E-state index in [0.29, 0.717) is 16.7 Å². The lowest BCUT2D eigenvalue weighted by Crippen LogP contribution is -2.24. The number of nitrogens with zero attached hydrogens (tertiary/aromatic N) is 3. The summed E-state index contributed by atoms with van der Waals surface area (Å²) in [5.74, 6) is 6.14. The van der Waals surface area contributed by atoms with Crippen LogP contribution >= 0.6 is 11.8 Å². The van der Waals surface area contributed by atoms with Crippen molar-refractivity contribution < 1.29 is 22.7 Å². The molecule has 8 nitrogen and oxygen atoms in total. The Morgan fingerprint density at radius 3 is 2.78 bits per heavy atom. The van der Waals surface area contributed by atoms with Crippen LogP contribution < -0.4 is 15.9 Å². The number of nitrogens with two attached hydrogens (primary N) is 1. The van der Waals surface area contributed by atoms with Crippen LogP contribution in [0.4, 0.5) is 14.5 Å². The van der Waals surface area contributed by atoms with Crippen molar-refractivity contribution in [3.63, 3.8) is 0 Å². The van der Waals surface area contributed by atoms with Gasteiger partial charge in [0.25, 0.3) is 0 Å². The summed E-state index contributed by atoms with van der Waals surface area (Å²) in [6, 6.07) is 9.29. The minimum Gasteiger partial charge on any atom is -0.461 e. The molecule has 27 heavy (non-hydrogen) atoms. The third-order valence-electron chi connectivity index (χ3n) is 3.42. The second-order valence-corrected chi connectivity index (χ2v) is 6.59. The molecule has 0 radical (unpaired) electrons. The average Bonchev–Trinajstić information content (AvgIpc) is 3.26. The maximum absolute atomic E-state index is 12.5. The van der Waals surface area contributed by atoms with Gasteiger partial charge in [-0.1, -0.05) is 23.9 Å². The molecule has 0 bridgehead atoms. The predicted molar refractivity (Wildman–Crippen MR) is 94.9 cm³/mol. The average molecular weight is 395 g/mol. The van der Waals surface area contributed by atoms with E-state index >= 15 is 0 Å². The van der Waals surface area contributed by atoms with Crippen molar-refractivity contribution in [1.29, 1.82) is 0 Å². The molecule has 2 heterocycles. The number of nitrogens with one attached hydrogen (secondary N) is 1. The monoisotopic (exact) mass is 395 g/mol. The highest BCUT2D eigenvalue weighted by atomic mass is 32.2. The number of carbonyl (C=O) groups excluding carboxylic acids is 1. The predicted octanol–water partition coefficient (Wildman–Crippen LogP) is 2.97. The summed E-state index contributed by atoms with van der Waals surface area (Å²) in [6.45, 7) is -1.37. The Bertz CT molecular complexity index is 917. The van der Waals surface area contributed by atoms with Crippen molar-refractivity contribution in [2.24, 2.45) is 0 Å². The highest BCUT2D eigenvalue weighted by molar-refractivity contribution is 8.00. The van der Waals surface area contributed by atoms with Crippen LogP contribution in [0.2, 0.25) is 0 Å². The molecule has 3 rings (SSSR count). The number of rotatable bonds is 7. The lowest BCUT2D eigenvalue weighted by molar-refractivity contribution is -0.115. The third-order valence-corrected chi connectivity index (χ3v) is 4.48. The quantitative estimate of drug-likeness (QED) is 0.468. The number of halogens is 2. The van der Waals surface area contributed by atoms with Crippen LogP contribution in [0.3, 0.4) is 0 Å². The molecule has 0 unspecified atom stereocenters. The number of hydrogen-bond acceptors (Lipinski definition) is 7. The van der Waals surface area contributed by atoms with Crippen LogP contribution in [0, 0.1) is 0 Å². The molecule has 0 saturated heterocycles. The van der Waals surface area contributed by atoms with Crippen LogP contribution in [0.25, 0.3) is 11.6 Å². The second-order valence-electron chi connectivity index (χ2n) is 5.28. The molecule has 0 saturated carbocycles. The van der Waals surface area contributed by atoms with Crippen molar-refractivity contribution in [2.75, 3.05) is 11.2 Å². The van der Waals surface area contributed by atoms with Gasteiger partial charge >= 0.3 is 6.61 Å². The fourth-order valence-corrected chi connectivity index (χ4v) is 2.92. The molecule has 3 aromatic rings. The van der Waals surface area contributed by atoms with E-state index in [1.165, 1.54) is 29.1 Å². The minimum atomic E-state index is -2.99. The molecule has 3 N–H and O–H groups in total. The number of anilines is 1.